The normalized spacial score (nSPS) is 17.5. The number of aromatic amines is 1. The number of fused-ring (bicyclic) bond motifs is 1. The molecule has 2 heterocycles. The fourth-order valence-corrected chi connectivity index (χ4v) is 1.53. The van der Waals surface area contributed by atoms with Crippen molar-refractivity contribution >= 4 is 12.2 Å². The minimum absolute atomic E-state index is 0.740. The summed E-state index contributed by atoms with van der Waals surface area (Å²) in [5.74, 6) is 1.07. The second-order valence-corrected chi connectivity index (χ2v) is 2.98. The predicted octanol–water partition coefficient (Wildman–Crippen LogP) is 0.0864. The lowest BCUT2D eigenvalue weighted by atomic mass is 10.4. The zero-order valence-corrected chi connectivity index (χ0v) is 6.95. The quantitative estimate of drug-likeness (QED) is 0.542. The van der Waals surface area contributed by atoms with Gasteiger partial charge in [0.25, 0.3) is 0 Å². The maximum atomic E-state index is 5.05. The minimum Gasteiger partial charge on any atom is -0.315 e. The molecule has 1 aliphatic rings. The van der Waals surface area contributed by atoms with E-state index in [9.17, 15) is 0 Å². The van der Waals surface area contributed by atoms with Crippen molar-refractivity contribution < 1.29 is 0 Å². The van der Waals surface area contributed by atoms with Gasteiger partial charge in [0.15, 0.2) is 4.77 Å². The van der Waals surface area contributed by atoms with E-state index in [0.717, 1.165) is 36.7 Å². The summed E-state index contributed by atoms with van der Waals surface area (Å²) < 4.78 is 2.79. The lowest BCUT2D eigenvalue weighted by Gasteiger charge is -1.98. The Morgan fingerprint density at radius 1 is 1.45 bits per heavy atom. The third-order valence-electron chi connectivity index (χ3n) is 1.87. The molecule has 0 aliphatic carbocycles. The lowest BCUT2D eigenvalue weighted by Crippen LogP contribution is -2.17. The molecule has 0 aromatic carbocycles. The minimum atomic E-state index is 0.740. The van der Waals surface area contributed by atoms with Crippen LogP contribution in [0, 0.1) is 4.77 Å². The van der Waals surface area contributed by atoms with E-state index >= 15 is 0 Å². The van der Waals surface area contributed by atoms with Gasteiger partial charge in [0, 0.05) is 26.1 Å². The van der Waals surface area contributed by atoms with Crippen LogP contribution in [0.15, 0.2) is 0 Å². The zero-order chi connectivity index (χ0) is 7.68. The van der Waals surface area contributed by atoms with Gasteiger partial charge in [-0.1, -0.05) is 0 Å². The Hall–Kier alpha value is -0.680. The monoisotopic (exact) mass is 170 g/mol. The molecular weight excluding hydrogens is 160 g/mol. The van der Waals surface area contributed by atoms with Crippen LogP contribution in [0.4, 0.5) is 0 Å². The van der Waals surface area contributed by atoms with Crippen molar-refractivity contribution in [2.24, 2.45) is 0 Å². The van der Waals surface area contributed by atoms with Crippen molar-refractivity contribution in [2.45, 2.75) is 13.0 Å². The fraction of sp³-hybridized carbons (Fsp3) is 0.667. The molecule has 60 valence electrons. The van der Waals surface area contributed by atoms with Crippen LogP contribution in [0.2, 0.25) is 0 Å². The summed E-state index contributed by atoms with van der Waals surface area (Å²) in [6.07, 6.45) is 0.965. The van der Waals surface area contributed by atoms with Gasteiger partial charge in [-0.25, -0.2) is 0 Å². The molecule has 0 bridgehead atoms. The average Bonchev–Trinajstić information content (AvgIpc) is 2.25. The largest absolute Gasteiger partial charge is 0.315 e. The Kier molecular flexibility index (Phi) is 1.75. The van der Waals surface area contributed by atoms with Crippen molar-refractivity contribution in [3.05, 3.63) is 10.6 Å². The van der Waals surface area contributed by atoms with E-state index < -0.39 is 0 Å². The number of nitrogens with one attached hydrogen (secondary N) is 2. The van der Waals surface area contributed by atoms with Crippen molar-refractivity contribution in [1.82, 2.24) is 20.1 Å². The summed E-state index contributed by atoms with van der Waals surface area (Å²) in [4.78, 5) is 0. The number of nitrogens with zero attached hydrogens (tertiary/aromatic N) is 2. The third-order valence-corrected chi connectivity index (χ3v) is 2.19. The van der Waals surface area contributed by atoms with Crippen molar-refractivity contribution in [2.75, 3.05) is 13.1 Å². The Morgan fingerprint density at radius 2 is 2.36 bits per heavy atom. The van der Waals surface area contributed by atoms with Gasteiger partial charge in [-0.3, -0.25) is 5.10 Å². The SMILES string of the molecule is S=c1[nH]nc2n1CCNCC2. The molecule has 2 rings (SSSR count). The first kappa shape index (κ1) is 7.00. The Morgan fingerprint density at radius 3 is 3.27 bits per heavy atom. The van der Waals surface area contributed by atoms with Crippen LogP contribution in [0.3, 0.4) is 0 Å². The van der Waals surface area contributed by atoms with Crippen LogP contribution in [0.25, 0.3) is 0 Å². The van der Waals surface area contributed by atoms with E-state index in [1.54, 1.807) is 0 Å². The molecule has 0 saturated carbocycles. The number of hydrogen-bond donors (Lipinski definition) is 2. The van der Waals surface area contributed by atoms with Gasteiger partial charge in [0.2, 0.25) is 0 Å². The van der Waals surface area contributed by atoms with Crippen LogP contribution >= 0.6 is 12.2 Å². The molecule has 1 aromatic rings. The summed E-state index contributed by atoms with van der Waals surface area (Å²) in [5, 5.41) is 10.2. The molecule has 0 unspecified atom stereocenters. The number of H-pyrrole nitrogens is 1. The molecule has 0 saturated heterocycles. The van der Waals surface area contributed by atoms with E-state index in [1.807, 2.05) is 0 Å². The maximum absolute atomic E-state index is 5.05. The molecule has 1 aromatic heterocycles. The van der Waals surface area contributed by atoms with Crippen molar-refractivity contribution in [3.8, 4) is 0 Å². The second-order valence-electron chi connectivity index (χ2n) is 2.60. The topological polar surface area (TPSA) is 45.6 Å². The van der Waals surface area contributed by atoms with E-state index in [2.05, 4.69) is 20.1 Å². The zero-order valence-electron chi connectivity index (χ0n) is 6.13. The highest BCUT2D eigenvalue weighted by Gasteiger charge is 2.07. The maximum Gasteiger partial charge on any atom is 0.195 e. The van der Waals surface area contributed by atoms with E-state index in [4.69, 9.17) is 12.2 Å². The highest BCUT2D eigenvalue weighted by Crippen LogP contribution is 2.00. The summed E-state index contributed by atoms with van der Waals surface area (Å²) in [7, 11) is 0. The van der Waals surface area contributed by atoms with Crippen molar-refractivity contribution in [1.29, 1.82) is 0 Å². The van der Waals surface area contributed by atoms with Gasteiger partial charge < -0.3 is 9.88 Å². The predicted molar refractivity (Wildman–Crippen MR) is 44.0 cm³/mol. The summed E-state index contributed by atoms with van der Waals surface area (Å²) in [6.45, 7) is 2.92. The van der Waals surface area contributed by atoms with E-state index in [-0.39, 0.29) is 0 Å². The number of rotatable bonds is 0. The van der Waals surface area contributed by atoms with Crippen molar-refractivity contribution in [3.63, 3.8) is 0 Å². The summed E-state index contributed by atoms with van der Waals surface area (Å²) in [6, 6.07) is 0. The lowest BCUT2D eigenvalue weighted by molar-refractivity contribution is 0.638. The third kappa shape index (κ3) is 1.21. The Bertz CT molecular complexity index is 300. The molecule has 11 heavy (non-hydrogen) atoms. The smallest absolute Gasteiger partial charge is 0.195 e. The van der Waals surface area contributed by atoms with Gasteiger partial charge in [-0.15, -0.1) is 0 Å². The Balaban J connectivity index is 2.43. The van der Waals surface area contributed by atoms with E-state index in [0.29, 0.717) is 0 Å². The Labute approximate surface area is 69.6 Å². The molecule has 4 nitrogen and oxygen atoms in total. The average molecular weight is 170 g/mol. The van der Waals surface area contributed by atoms with Crippen LogP contribution in [0.5, 0.6) is 0 Å². The first-order valence-corrected chi connectivity index (χ1v) is 4.13. The first-order chi connectivity index (χ1) is 5.38. The highest BCUT2D eigenvalue weighted by molar-refractivity contribution is 7.71. The molecule has 0 amide bonds. The molecule has 2 N–H and O–H groups in total. The second kappa shape index (κ2) is 2.75. The number of hydrogen-bond acceptors (Lipinski definition) is 3. The van der Waals surface area contributed by atoms with Crippen LogP contribution in [-0.4, -0.2) is 27.9 Å². The fourth-order valence-electron chi connectivity index (χ4n) is 1.29. The molecule has 0 radical (unpaired) electrons. The van der Waals surface area contributed by atoms with Gasteiger partial charge >= 0.3 is 0 Å². The van der Waals surface area contributed by atoms with Gasteiger partial charge in [0.05, 0.1) is 0 Å². The molecule has 0 atom stereocenters. The van der Waals surface area contributed by atoms with Gasteiger partial charge in [-0.2, -0.15) is 5.10 Å². The molecule has 0 spiro atoms. The summed E-state index contributed by atoms with van der Waals surface area (Å²) >= 11 is 5.05. The van der Waals surface area contributed by atoms with Gasteiger partial charge in [0.1, 0.15) is 5.82 Å². The summed E-state index contributed by atoms with van der Waals surface area (Å²) in [5.41, 5.74) is 0. The molecule has 5 heteroatoms. The molecule has 1 aliphatic heterocycles. The van der Waals surface area contributed by atoms with Crippen LogP contribution < -0.4 is 5.32 Å². The van der Waals surface area contributed by atoms with Gasteiger partial charge in [-0.05, 0) is 12.2 Å². The van der Waals surface area contributed by atoms with Crippen LogP contribution in [0.1, 0.15) is 5.82 Å². The van der Waals surface area contributed by atoms with E-state index in [1.165, 1.54) is 0 Å². The molecule has 0 fully saturated rings. The first-order valence-electron chi connectivity index (χ1n) is 3.73. The highest BCUT2D eigenvalue weighted by atomic mass is 32.1. The standard InChI is InChI=1S/C6H10N4S/c11-6-9-8-5-1-2-7-3-4-10(5)6/h7H,1-4H2,(H,9,11). The molecular formula is C6H10N4S. The number of aromatic nitrogens is 3. The van der Waals surface area contributed by atoms with Crippen LogP contribution in [-0.2, 0) is 13.0 Å².